The summed E-state index contributed by atoms with van der Waals surface area (Å²) >= 11 is 3.34. The number of hydrogen-bond donors (Lipinski definition) is 1. The molecule has 0 amide bonds. The van der Waals surface area contributed by atoms with Crippen molar-refractivity contribution in [3.63, 3.8) is 0 Å². The molecule has 0 aliphatic carbocycles. The van der Waals surface area contributed by atoms with E-state index in [1.807, 2.05) is 13.8 Å². The van der Waals surface area contributed by atoms with Crippen molar-refractivity contribution in [2.24, 2.45) is 0 Å². The molecule has 2 heterocycles. The first-order valence-electron chi connectivity index (χ1n) is 5.16. The molecule has 2 rings (SSSR count). The second kappa shape index (κ2) is 4.28. The van der Waals surface area contributed by atoms with Gasteiger partial charge in [-0.2, -0.15) is 0 Å². The summed E-state index contributed by atoms with van der Waals surface area (Å²) in [5.41, 5.74) is 2.06. The summed E-state index contributed by atoms with van der Waals surface area (Å²) in [6.45, 7) is 6.25. The van der Waals surface area contributed by atoms with E-state index in [1.165, 1.54) is 10.4 Å². The lowest BCUT2D eigenvalue weighted by molar-refractivity contribution is 0.218. The molecule has 0 saturated heterocycles. The van der Waals surface area contributed by atoms with Crippen molar-refractivity contribution in [3.8, 4) is 10.6 Å². The summed E-state index contributed by atoms with van der Waals surface area (Å²) in [5.74, 6) is 0. The number of nitrogens with zero attached hydrogens (tertiary/aromatic N) is 1. The standard InChI is InChI=1S/C12H15NOS2/c1-8-4-5-15-10(8)9-6-16-11(13-9)12(2,3)7-14/h4-6,14H,7H2,1-3H3. The monoisotopic (exact) mass is 253 g/mol. The Bertz CT molecular complexity index is 485. The van der Waals surface area contributed by atoms with Gasteiger partial charge in [-0.3, -0.25) is 0 Å². The number of aliphatic hydroxyl groups is 1. The molecular formula is C12H15NOS2. The maximum absolute atomic E-state index is 9.31. The van der Waals surface area contributed by atoms with Crippen LogP contribution in [0.1, 0.15) is 24.4 Å². The molecule has 0 saturated carbocycles. The first-order valence-corrected chi connectivity index (χ1v) is 6.92. The van der Waals surface area contributed by atoms with Gasteiger partial charge in [0, 0.05) is 10.8 Å². The van der Waals surface area contributed by atoms with Crippen LogP contribution in [0.2, 0.25) is 0 Å². The average Bonchev–Trinajstić information content (AvgIpc) is 2.85. The van der Waals surface area contributed by atoms with E-state index in [-0.39, 0.29) is 12.0 Å². The first kappa shape index (κ1) is 11.8. The minimum Gasteiger partial charge on any atom is -0.395 e. The number of aryl methyl sites for hydroxylation is 1. The predicted molar refractivity (Wildman–Crippen MR) is 70.3 cm³/mol. The third kappa shape index (κ3) is 2.05. The molecule has 0 atom stereocenters. The lowest BCUT2D eigenvalue weighted by Gasteiger charge is -2.17. The zero-order valence-electron chi connectivity index (χ0n) is 9.65. The predicted octanol–water partition coefficient (Wildman–Crippen LogP) is 3.45. The van der Waals surface area contributed by atoms with Crippen LogP contribution < -0.4 is 0 Å². The molecule has 0 fully saturated rings. The van der Waals surface area contributed by atoms with Gasteiger partial charge in [-0.05, 0) is 23.9 Å². The Balaban J connectivity index is 2.37. The van der Waals surface area contributed by atoms with Crippen molar-refractivity contribution in [1.82, 2.24) is 4.98 Å². The highest BCUT2D eigenvalue weighted by molar-refractivity contribution is 7.14. The molecule has 4 heteroatoms. The van der Waals surface area contributed by atoms with E-state index in [1.54, 1.807) is 22.7 Å². The third-order valence-corrected chi connectivity index (χ3v) is 4.82. The Labute approximate surface area is 104 Å². The van der Waals surface area contributed by atoms with Crippen LogP contribution >= 0.6 is 22.7 Å². The molecule has 0 bridgehead atoms. The van der Waals surface area contributed by atoms with E-state index in [0.29, 0.717) is 0 Å². The molecule has 1 N–H and O–H groups in total. The fourth-order valence-corrected chi connectivity index (χ4v) is 3.28. The Morgan fingerprint density at radius 1 is 1.38 bits per heavy atom. The number of thiophene rings is 1. The van der Waals surface area contributed by atoms with Crippen LogP contribution in [0.3, 0.4) is 0 Å². The quantitative estimate of drug-likeness (QED) is 0.909. The average molecular weight is 253 g/mol. The Morgan fingerprint density at radius 2 is 2.12 bits per heavy atom. The minimum atomic E-state index is -0.242. The SMILES string of the molecule is Cc1ccsc1-c1csc(C(C)(C)CO)n1. The smallest absolute Gasteiger partial charge is 0.101 e. The summed E-state index contributed by atoms with van der Waals surface area (Å²) < 4.78 is 0. The van der Waals surface area contributed by atoms with Gasteiger partial charge in [-0.1, -0.05) is 13.8 Å². The van der Waals surface area contributed by atoms with Gasteiger partial charge in [0.05, 0.1) is 17.2 Å². The number of hydrogen-bond acceptors (Lipinski definition) is 4. The fourth-order valence-electron chi connectivity index (χ4n) is 1.39. The summed E-state index contributed by atoms with van der Waals surface area (Å²) in [7, 11) is 0. The van der Waals surface area contributed by atoms with E-state index in [4.69, 9.17) is 0 Å². The van der Waals surface area contributed by atoms with Gasteiger partial charge >= 0.3 is 0 Å². The van der Waals surface area contributed by atoms with Crippen LogP contribution in [0.25, 0.3) is 10.6 Å². The summed E-state index contributed by atoms with van der Waals surface area (Å²) in [4.78, 5) is 5.86. The highest BCUT2D eigenvalue weighted by Gasteiger charge is 2.23. The number of rotatable bonds is 3. The Hall–Kier alpha value is -0.710. The molecule has 2 nitrogen and oxygen atoms in total. The van der Waals surface area contributed by atoms with Crippen molar-refractivity contribution >= 4 is 22.7 Å². The van der Waals surface area contributed by atoms with Gasteiger partial charge in [0.15, 0.2) is 0 Å². The van der Waals surface area contributed by atoms with E-state index >= 15 is 0 Å². The van der Waals surface area contributed by atoms with Crippen LogP contribution in [0.4, 0.5) is 0 Å². The minimum absolute atomic E-state index is 0.128. The largest absolute Gasteiger partial charge is 0.395 e. The normalized spacial score (nSPS) is 12.0. The third-order valence-electron chi connectivity index (χ3n) is 2.57. The Kier molecular flexibility index (Phi) is 3.15. The lowest BCUT2D eigenvalue weighted by atomic mass is 9.96. The molecule has 16 heavy (non-hydrogen) atoms. The molecule has 0 aliphatic rings. The number of aromatic nitrogens is 1. The molecule has 2 aromatic rings. The molecule has 0 radical (unpaired) electrons. The van der Waals surface area contributed by atoms with Crippen molar-refractivity contribution in [2.75, 3.05) is 6.61 Å². The molecule has 86 valence electrons. The summed E-state index contributed by atoms with van der Waals surface area (Å²) in [5, 5.41) is 14.5. The van der Waals surface area contributed by atoms with Crippen molar-refractivity contribution < 1.29 is 5.11 Å². The molecule has 0 spiro atoms. The van der Waals surface area contributed by atoms with Gasteiger partial charge in [-0.25, -0.2) is 4.98 Å². The highest BCUT2D eigenvalue weighted by atomic mass is 32.1. The van der Waals surface area contributed by atoms with Gasteiger partial charge < -0.3 is 5.11 Å². The van der Waals surface area contributed by atoms with Gasteiger partial charge in [0.2, 0.25) is 0 Å². The van der Waals surface area contributed by atoms with E-state index in [0.717, 1.165) is 10.7 Å². The summed E-state index contributed by atoms with van der Waals surface area (Å²) in [6.07, 6.45) is 0. The first-order chi connectivity index (χ1) is 7.54. The van der Waals surface area contributed by atoms with Gasteiger partial charge in [0.1, 0.15) is 5.01 Å². The van der Waals surface area contributed by atoms with Gasteiger partial charge in [-0.15, -0.1) is 22.7 Å². The molecule has 2 aromatic heterocycles. The summed E-state index contributed by atoms with van der Waals surface area (Å²) in [6, 6.07) is 2.11. The lowest BCUT2D eigenvalue weighted by Crippen LogP contribution is -2.21. The molecule has 0 aliphatic heterocycles. The van der Waals surface area contributed by atoms with Crippen molar-refractivity contribution in [3.05, 3.63) is 27.4 Å². The second-order valence-electron chi connectivity index (χ2n) is 4.51. The van der Waals surface area contributed by atoms with Crippen LogP contribution in [0.15, 0.2) is 16.8 Å². The van der Waals surface area contributed by atoms with Crippen LogP contribution in [0.5, 0.6) is 0 Å². The van der Waals surface area contributed by atoms with E-state index < -0.39 is 0 Å². The topological polar surface area (TPSA) is 33.1 Å². The van der Waals surface area contributed by atoms with E-state index in [9.17, 15) is 5.11 Å². The fraction of sp³-hybridized carbons (Fsp3) is 0.417. The van der Waals surface area contributed by atoms with Gasteiger partial charge in [0.25, 0.3) is 0 Å². The van der Waals surface area contributed by atoms with Crippen LogP contribution in [-0.2, 0) is 5.41 Å². The van der Waals surface area contributed by atoms with Crippen LogP contribution in [0, 0.1) is 6.92 Å². The number of aliphatic hydroxyl groups excluding tert-OH is 1. The molecular weight excluding hydrogens is 238 g/mol. The van der Waals surface area contributed by atoms with Crippen molar-refractivity contribution in [2.45, 2.75) is 26.2 Å². The maximum atomic E-state index is 9.31. The second-order valence-corrected chi connectivity index (χ2v) is 6.29. The van der Waals surface area contributed by atoms with E-state index in [2.05, 4.69) is 28.7 Å². The Morgan fingerprint density at radius 3 is 2.69 bits per heavy atom. The maximum Gasteiger partial charge on any atom is 0.101 e. The number of thiazole rings is 1. The molecule has 0 unspecified atom stereocenters. The van der Waals surface area contributed by atoms with Crippen molar-refractivity contribution in [1.29, 1.82) is 0 Å². The zero-order chi connectivity index (χ0) is 11.8. The highest BCUT2D eigenvalue weighted by Crippen LogP contribution is 2.33. The zero-order valence-corrected chi connectivity index (χ0v) is 11.3. The molecule has 0 aromatic carbocycles. The van der Waals surface area contributed by atoms with Crippen LogP contribution in [-0.4, -0.2) is 16.7 Å².